The van der Waals surface area contributed by atoms with Gasteiger partial charge in [0.25, 0.3) is 17.4 Å². The van der Waals surface area contributed by atoms with Crippen LogP contribution in [0.5, 0.6) is 5.75 Å². The quantitative estimate of drug-likeness (QED) is 0.0556. The Morgan fingerprint density at radius 2 is 1.55 bits per heavy atom. The maximum atomic E-state index is 14.8. The van der Waals surface area contributed by atoms with Gasteiger partial charge >= 0.3 is 11.2 Å². The normalized spacial score (nSPS) is 36.3. The molecule has 5 rings (SSSR count). The summed E-state index contributed by atoms with van der Waals surface area (Å²) in [6.07, 6.45) is 11.6. The lowest BCUT2D eigenvalue weighted by atomic mass is 9.78. The van der Waals surface area contributed by atoms with Gasteiger partial charge in [0.1, 0.15) is 36.2 Å². The van der Waals surface area contributed by atoms with Crippen molar-refractivity contribution in [3.05, 3.63) is 82.0 Å². The van der Waals surface area contributed by atoms with Gasteiger partial charge in [-0.3, -0.25) is 24.5 Å². The molecule has 2 unspecified atom stereocenters. The first-order chi connectivity index (χ1) is 37.0. The number of fused-ring (bicyclic) bond motifs is 3. The Kier molecular flexibility index (Phi) is 24.8. The third-order valence-electron chi connectivity index (χ3n) is 16.4. The first-order valence-corrected chi connectivity index (χ1v) is 28.1. The molecule has 18 nitrogen and oxygen atoms in total. The topological polar surface area (TPSA) is 229 Å². The Bertz CT molecular complexity index is 2320. The summed E-state index contributed by atoms with van der Waals surface area (Å²) in [6, 6.07) is 4.38. The van der Waals surface area contributed by atoms with Crippen molar-refractivity contribution >= 4 is 46.6 Å². The van der Waals surface area contributed by atoms with Crippen LogP contribution < -0.4 is 4.74 Å². The number of cyclic esters (lactones) is 1. The van der Waals surface area contributed by atoms with Crippen LogP contribution in [0.4, 0.5) is 5.69 Å². The number of nitro benzene ring substituents is 1. The lowest BCUT2D eigenvalue weighted by molar-refractivity contribution is -0.384. The molecule has 2 N–H and O–H groups in total. The number of aliphatic hydroxyl groups excluding tert-OH is 1. The van der Waals surface area contributed by atoms with E-state index in [1.54, 1.807) is 35.2 Å². The number of allylic oxidation sites excluding steroid dienone is 5. The number of hydrogen-bond donors (Lipinski definition) is 2. The first-order valence-electron chi connectivity index (χ1n) is 27.7. The molecule has 434 valence electrons. The van der Waals surface area contributed by atoms with Gasteiger partial charge < -0.3 is 53.0 Å². The fourth-order valence-corrected chi connectivity index (χ4v) is 11.8. The Balaban J connectivity index is 1.44. The third-order valence-corrected chi connectivity index (χ3v) is 16.6. The molecule has 0 spiro atoms. The summed E-state index contributed by atoms with van der Waals surface area (Å²) >= 11 is 5.42. The van der Waals surface area contributed by atoms with Crippen molar-refractivity contribution in [2.75, 3.05) is 35.0 Å². The van der Waals surface area contributed by atoms with Crippen molar-refractivity contribution in [1.29, 1.82) is 0 Å². The molecule has 1 aromatic rings. The number of methoxy groups -OCH3 is 4. The number of ketones is 2. The molecule has 2 saturated heterocycles. The summed E-state index contributed by atoms with van der Waals surface area (Å²) in [5.74, 6) is -6.91. The Morgan fingerprint density at radius 3 is 2.21 bits per heavy atom. The molecule has 3 fully saturated rings. The minimum atomic E-state index is -2.44. The number of esters is 1. The molecular weight excluding hydrogens is 1020 g/mol. The number of benzene rings is 1. The number of carbonyl (C=O) groups is 4. The van der Waals surface area contributed by atoms with E-state index in [0.29, 0.717) is 69.8 Å². The number of hydrogen-bond acceptors (Lipinski definition) is 17. The van der Waals surface area contributed by atoms with E-state index >= 15 is 0 Å². The van der Waals surface area contributed by atoms with E-state index in [9.17, 15) is 39.5 Å². The van der Waals surface area contributed by atoms with E-state index < -0.39 is 89.0 Å². The van der Waals surface area contributed by atoms with E-state index in [2.05, 4.69) is 0 Å². The summed E-state index contributed by atoms with van der Waals surface area (Å²) in [7, 11) is 6.15. The number of non-ortho nitro benzene ring substituents is 1. The minimum Gasteiger partial charge on any atom is -0.460 e. The van der Waals surface area contributed by atoms with Crippen molar-refractivity contribution in [2.45, 2.75) is 186 Å². The highest BCUT2D eigenvalue weighted by molar-refractivity contribution is 7.79. The average molecular weight is 1110 g/mol. The lowest BCUT2D eigenvalue weighted by Gasteiger charge is -2.43. The third kappa shape index (κ3) is 17.1. The molecule has 19 heteroatoms. The molecule has 0 aromatic heterocycles. The van der Waals surface area contributed by atoms with E-state index in [1.165, 1.54) is 36.3 Å². The van der Waals surface area contributed by atoms with Crippen LogP contribution in [0.1, 0.15) is 126 Å². The molecule has 3 heterocycles. The van der Waals surface area contributed by atoms with Crippen LogP contribution in [0, 0.1) is 45.6 Å². The van der Waals surface area contributed by atoms with Gasteiger partial charge in [-0.05, 0) is 119 Å². The van der Waals surface area contributed by atoms with E-state index in [-0.39, 0.29) is 71.6 Å². The number of aliphatic hydroxyl groups is 2. The number of thiocarbonyl (C=S) groups is 1. The maximum Gasteiger partial charge on any atom is 0.358 e. The first kappa shape index (κ1) is 64.1. The molecule has 0 radical (unpaired) electrons. The van der Waals surface area contributed by atoms with Gasteiger partial charge in [-0.25, -0.2) is 4.79 Å². The van der Waals surface area contributed by atoms with Crippen molar-refractivity contribution in [3.63, 3.8) is 0 Å². The van der Waals surface area contributed by atoms with Gasteiger partial charge in [0.05, 0.1) is 29.3 Å². The lowest BCUT2D eigenvalue weighted by Crippen LogP contribution is -2.61. The second-order valence-electron chi connectivity index (χ2n) is 22.2. The van der Waals surface area contributed by atoms with Crippen LogP contribution in [0.2, 0.25) is 0 Å². The molecule has 1 aliphatic carbocycles. The van der Waals surface area contributed by atoms with Gasteiger partial charge in [0, 0.05) is 89.9 Å². The predicted molar refractivity (Wildman–Crippen MR) is 296 cm³/mol. The molecule has 3 aliphatic heterocycles. The van der Waals surface area contributed by atoms with Gasteiger partial charge in [-0.1, -0.05) is 71.1 Å². The van der Waals surface area contributed by atoms with Gasteiger partial charge in [0.15, 0.2) is 5.78 Å². The standard InChI is InChI=1S/C59H86N2O16S/c1-35-17-13-12-14-18-36(2)48(70-8)33-45-24-20-41(7)59(67,77-45)55(64)56(65)60-28-16-15-19-46(60)57(66)75-50(34-49(71-9)37(3)30-40(6)53(63)54(73-11)52(62)39(5)29-35)38(4)31-42-21-27-47(51(32-42)72-10)76-58(78)74-44-25-22-43(23-26-44)61(68)69/h12-14,17-18,22-23,25-26,30,35,37-39,41-42,45-51,53-54,63,67H,15-16,19-21,24,27-29,31-34H2,1-11H3/b14-12+,17-13+,36-18+,40-30+/t35-,37-,38-,39-,41-,42+,45+,46+,47-,48?,49?,50+,51-,53-,54+,59-/m1/s1. The predicted octanol–water partition coefficient (Wildman–Crippen LogP) is 8.92. The molecule has 1 aromatic carbocycles. The number of nitro groups is 1. The zero-order valence-corrected chi connectivity index (χ0v) is 48.4. The number of piperidine rings is 1. The zero-order chi connectivity index (χ0) is 57.4. The number of carbonyl (C=O) groups excluding carboxylic acids is 4. The monoisotopic (exact) mass is 1110 g/mol. The summed E-state index contributed by atoms with van der Waals surface area (Å²) in [5, 5.41) is 34.8. The Labute approximate surface area is 466 Å². The highest BCUT2D eigenvalue weighted by Crippen LogP contribution is 2.39. The van der Waals surface area contributed by atoms with Gasteiger partial charge in [-0.2, -0.15) is 0 Å². The smallest absolute Gasteiger partial charge is 0.358 e. The SMILES string of the molecule is COC1C[C@@H]2CC[C@@H](C)[C@@](O)(O2)C(=O)C(=O)N2CCCC[C@H]2C(=O)O[C@H]([C@H](C)C[C@@H]2CC[C@@H](OC(=S)Oc3ccc([N+](=O)[O-])cc3)[C@H](OC)C2)CC(OC)[C@H](C)/C=C(\C)[C@@H](O)[C@@H](OC)C(=O)[C@H](C)C[C@H](C)/C=C/C=C/C=C/1C. The van der Waals surface area contributed by atoms with Crippen molar-refractivity contribution in [2.24, 2.45) is 35.5 Å². The second kappa shape index (κ2) is 30.2. The number of Topliss-reactive ketones (excluding diaryl/α,β-unsaturated/α-hetero) is 2. The average Bonchev–Trinajstić information content (AvgIpc) is 3.44. The van der Waals surface area contributed by atoms with E-state index in [0.717, 1.165) is 5.57 Å². The number of rotatable bonds is 10. The summed E-state index contributed by atoms with van der Waals surface area (Å²) in [6.45, 7) is 13.2. The van der Waals surface area contributed by atoms with Crippen molar-refractivity contribution in [3.8, 4) is 5.75 Å². The fraction of sp³-hybridized carbons (Fsp3) is 0.678. The Hall–Kier alpha value is -4.73. The fourth-order valence-electron chi connectivity index (χ4n) is 11.6. The largest absolute Gasteiger partial charge is 0.460 e. The zero-order valence-electron chi connectivity index (χ0n) is 47.5. The van der Waals surface area contributed by atoms with E-state index in [4.69, 9.17) is 50.1 Å². The minimum absolute atomic E-state index is 0.0202. The molecule has 16 atom stereocenters. The van der Waals surface area contributed by atoms with Crippen molar-refractivity contribution in [1.82, 2.24) is 4.90 Å². The molecule has 2 bridgehead atoms. The Morgan fingerprint density at radius 1 is 0.846 bits per heavy atom. The molecular formula is C59H86N2O16S. The molecule has 78 heavy (non-hydrogen) atoms. The summed E-state index contributed by atoms with van der Waals surface area (Å²) in [4.78, 5) is 69.4. The molecule has 1 amide bonds. The summed E-state index contributed by atoms with van der Waals surface area (Å²) in [5.41, 5.74) is 1.29. The van der Waals surface area contributed by atoms with Crippen LogP contribution >= 0.6 is 12.2 Å². The number of amides is 1. The maximum absolute atomic E-state index is 14.8. The summed E-state index contributed by atoms with van der Waals surface area (Å²) < 4.78 is 48.1. The van der Waals surface area contributed by atoms with Crippen LogP contribution in [0.25, 0.3) is 0 Å². The van der Waals surface area contributed by atoms with E-state index in [1.807, 2.05) is 71.1 Å². The van der Waals surface area contributed by atoms with Crippen LogP contribution in [0.15, 0.2) is 71.9 Å². The van der Waals surface area contributed by atoms with Gasteiger partial charge in [0.2, 0.25) is 5.79 Å². The highest BCUT2D eigenvalue weighted by Gasteiger charge is 2.53. The van der Waals surface area contributed by atoms with Crippen LogP contribution in [-0.4, -0.2) is 144 Å². The molecule has 4 aliphatic rings. The van der Waals surface area contributed by atoms with Crippen LogP contribution in [0.3, 0.4) is 0 Å². The second-order valence-corrected chi connectivity index (χ2v) is 22.5. The van der Waals surface area contributed by atoms with Gasteiger partial charge in [-0.15, -0.1) is 0 Å². The molecule has 1 saturated carbocycles. The number of nitrogens with zero attached hydrogens (tertiary/aromatic N) is 2. The highest BCUT2D eigenvalue weighted by atomic mass is 32.1. The van der Waals surface area contributed by atoms with Crippen molar-refractivity contribution < 1.29 is 72.2 Å². The van der Waals surface area contributed by atoms with Crippen LogP contribution in [-0.2, 0) is 52.3 Å². The number of ether oxygens (including phenoxy) is 8.